The number of carbonyl (C=O) groups is 1. The average Bonchev–Trinajstić information content (AvgIpc) is 3.75. The largest absolute Gasteiger partial charge is 0.367 e. The molecule has 14 heteroatoms. The molecule has 1 N–H and O–H groups in total. The van der Waals surface area contributed by atoms with Gasteiger partial charge >= 0.3 is 0 Å². The van der Waals surface area contributed by atoms with Crippen LogP contribution in [0.5, 0.6) is 0 Å². The van der Waals surface area contributed by atoms with E-state index in [2.05, 4.69) is 30.2 Å². The van der Waals surface area contributed by atoms with Crippen LogP contribution in [0.2, 0.25) is 0 Å². The zero-order valence-electron chi connectivity index (χ0n) is 26.4. The number of nitrogens with one attached hydrogen (secondary N) is 1. The van der Waals surface area contributed by atoms with Crippen LogP contribution in [0, 0.1) is 0 Å². The van der Waals surface area contributed by atoms with Crippen molar-refractivity contribution in [3.05, 3.63) is 110 Å². The van der Waals surface area contributed by atoms with Crippen molar-refractivity contribution in [3.63, 3.8) is 0 Å². The molecule has 1 amide bonds. The Morgan fingerprint density at radius 3 is 2.41 bits per heavy atom. The topological polar surface area (TPSA) is 144 Å². The van der Waals surface area contributed by atoms with Crippen molar-refractivity contribution >= 4 is 50.1 Å². The fourth-order valence-electron chi connectivity index (χ4n) is 6.08. The molecular formula is C35H30N10O3S. The highest BCUT2D eigenvalue weighted by Crippen LogP contribution is 2.33. The van der Waals surface area contributed by atoms with Crippen molar-refractivity contribution < 1.29 is 13.2 Å². The number of fused-ring (bicyclic) bond motifs is 2. The number of nitrogens with zero attached hydrogens (tertiary/aromatic N) is 9. The number of amides is 1. The number of pyridine rings is 3. The molecule has 8 rings (SSSR count). The first-order valence-electron chi connectivity index (χ1n) is 15.7. The van der Waals surface area contributed by atoms with E-state index in [1.54, 1.807) is 80.4 Å². The number of imidazole rings is 1. The lowest BCUT2D eigenvalue weighted by Crippen LogP contribution is -2.48. The third-order valence-corrected chi connectivity index (χ3v) is 10.3. The van der Waals surface area contributed by atoms with E-state index < -0.39 is 10.0 Å². The molecule has 244 valence electrons. The molecule has 1 saturated heterocycles. The van der Waals surface area contributed by atoms with Gasteiger partial charge in [-0.3, -0.25) is 9.20 Å². The number of hydrogen-bond acceptors (Lipinski definition) is 10. The Kier molecular flexibility index (Phi) is 7.48. The number of piperazine rings is 1. The van der Waals surface area contributed by atoms with E-state index in [-0.39, 0.29) is 10.8 Å². The van der Waals surface area contributed by atoms with Crippen LogP contribution in [-0.2, 0) is 14.8 Å². The second kappa shape index (κ2) is 12.1. The zero-order valence-corrected chi connectivity index (χ0v) is 27.2. The average molecular weight is 671 g/mol. The van der Waals surface area contributed by atoms with Crippen molar-refractivity contribution in [2.45, 2.75) is 11.8 Å². The summed E-state index contributed by atoms with van der Waals surface area (Å²) in [6.07, 6.45) is 10.3. The molecule has 0 bridgehead atoms. The summed E-state index contributed by atoms with van der Waals surface area (Å²) in [4.78, 5) is 38.7. The monoisotopic (exact) mass is 670 g/mol. The van der Waals surface area contributed by atoms with E-state index in [0.29, 0.717) is 52.8 Å². The highest BCUT2D eigenvalue weighted by Gasteiger charge is 2.23. The second-order valence-corrected chi connectivity index (χ2v) is 13.4. The summed E-state index contributed by atoms with van der Waals surface area (Å²) in [5.41, 5.74) is 4.90. The van der Waals surface area contributed by atoms with Crippen LogP contribution in [0.4, 0.5) is 17.5 Å². The minimum absolute atomic E-state index is 0.0990. The van der Waals surface area contributed by atoms with Crippen LogP contribution in [0.3, 0.4) is 0 Å². The quantitative estimate of drug-likeness (QED) is 0.250. The van der Waals surface area contributed by atoms with Crippen LogP contribution in [0.1, 0.15) is 6.92 Å². The summed E-state index contributed by atoms with van der Waals surface area (Å²) in [7, 11) is -3.89. The Bertz CT molecular complexity index is 2440. The lowest BCUT2D eigenvalue weighted by Gasteiger charge is -2.35. The van der Waals surface area contributed by atoms with Crippen LogP contribution in [0.25, 0.3) is 39.2 Å². The van der Waals surface area contributed by atoms with Gasteiger partial charge in [0.1, 0.15) is 11.5 Å². The van der Waals surface area contributed by atoms with Gasteiger partial charge < -0.3 is 15.1 Å². The van der Waals surface area contributed by atoms with Gasteiger partial charge in [0.25, 0.3) is 10.0 Å². The molecule has 0 saturated carbocycles. The Labute approximate surface area is 281 Å². The van der Waals surface area contributed by atoms with Gasteiger partial charge in [0, 0.05) is 74.4 Å². The Morgan fingerprint density at radius 1 is 0.796 bits per heavy atom. The summed E-state index contributed by atoms with van der Waals surface area (Å²) in [5, 5.41) is 3.90. The van der Waals surface area contributed by atoms with Crippen molar-refractivity contribution in [3.8, 4) is 22.5 Å². The number of carbonyl (C=O) groups excluding carboxylic acids is 1. The summed E-state index contributed by atoms with van der Waals surface area (Å²) < 4.78 is 30.5. The van der Waals surface area contributed by atoms with Crippen molar-refractivity contribution in [1.82, 2.24) is 38.2 Å². The van der Waals surface area contributed by atoms with Crippen molar-refractivity contribution in [2.75, 3.05) is 36.4 Å². The van der Waals surface area contributed by atoms with E-state index in [9.17, 15) is 13.2 Å². The molecule has 0 atom stereocenters. The number of rotatable bonds is 7. The molecule has 49 heavy (non-hydrogen) atoms. The summed E-state index contributed by atoms with van der Waals surface area (Å²) in [5.74, 6) is 1.07. The third kappa shape index (κ3) is 5.61. The molecule has 0 spiro atoms. The molecule has 0 aliphatic carbocycles. The maximum Gasteiger partial charge on any atom is 0.269 e. The van der Waals surface area contributed by atoms with E-state index in [1.165, 1.54) is 3.97 Å². The predicted octanol–water partition coefficient (Wildman–Crippen LogP) is 4.85. The fraction of sp³-hybridized carbons (Fsp3) is 0.143. The first kappa shape index (κ1) is 30.2. The van der Waals surface area contributed by atoms with Gasteiger partial charge in [0.2, 0.25) is 11.9 Å². The number of benzene rings is 1. The maximum absolute atomic E-state index is 13.7. The molecule has 13 nitrogen and oxygen atoms in total. The molecule has 7 heterocycles. The van der Waals surface area contributed by atoms with Crippen LogP contribution in [0.15, 0.2) is 115 Å². The van der Waals surface area contributed by atoms with Gasteiger partial charge in [-0.25, -0.2) is 37.3 Å². The van der Waals surface area contributed by atoms with Crippen molar-refractivity contribution in [2.24, 2.45) is 0 Å². The Hall–Kier alpha value is -6.15. The maximum atomic E-state index is 13.7. The predicted molar refractivity (Wildman–Crippen MR) is 186 cm³/mol. The molecule has 0 unspecified atom stereocenters. The Balaban J connectivity index is 1.08. The van der Waals surface area contributed by atoms with Crippen LogP contribution < -0.4 is 10.2 Å². The minimum Gasteiger partial charge on any atom is -0.367 e. The highest BCUT2D eigenvalue weighted by molar-refractivity contribution is 7.90. The van der Waals surface area contributed by atoms with Gasteiger partial charge in [0.15, 0.2) is 5.65 Å². The van der Waals surface area contributed by atoms with E-state index in [1.807, 2.05) is 45.8 Å². The molecule has 1 aliphatic rings. The molecule has 6 aromatic heterocycles. The highest BCUT2D eigenvalue weighted by atomic mass is 32.2. The lowest BCUT2D eigenvalue weighted by molar-refractivity contribution is -0.129. The second-order valence-electron chi connectivity index (χ2n) is 11.6. The summed E-state index contributed by atoms with van der Waals surface area (Å²) in [6.45, 7) is 4.50. The molecule has 1 fully saturated rings. The smallest absolute Gasteiger partial charge is 0.269 e. The first-order chi connectivity index (χ1) is 23.8. The third-order valence-electron chi connectivity index (χ3n) is 8.64. The number of aromatic nitrogens is 7. The van der Waals surface area contributed by atoms with Gasteiger partial charge in [-0.1, -0.05) is 18.2 Å². The van der Waals surface area contributed by atoms with Gasteiger partial charge in [-0.2, -0.15) is 0 Å². The Morgan fingerprint density at radius 2 is 1.63 bits per heavy atom. The minimum atomic E-state index is -3.89. The first-order valence-corrected chi connectivity index (χ1v) is 17.1. The number of anilines is 3. The summed E-state index contributed by atoms with van der Waals surface area (Å²) >= 11 is 0. The molecule has 7 aromatic rings. The molecule has 1 aliphatic heterocycles. The van der Waals surface area contributed by atoms with E-state index in [0.717, 1.165) is 30.0 Å². The SMILES string of the molecule is CC(=O)N1CCN(c2ccc(Nc3nccc(-c4cnc5ccc(-c6cn(S(=O)(=O)c7ccccc7)c7ncccc67)cn45)n3)nc2)CC1. The zero-order chi connectivity index (χ0) is 33.5. The number of hydrogen-bond donors (Lipinski definition) is 1. The fourth-order valence-corrected chi connectivity index (χ4v) is 7.43. The van der Waals surface area contributed by atoms with Gasteiger partial charge in [-0.05, 0) is 54.6 Å². The van der Waals surface area contributed by atoms with Crippen molar-refractivity contribution in [1.29, 1.82) is 0 Å². The van der Waals surface area contributed by atoms with Gasteiger partial charge in [-0.15, -0.1) is 0 Å². The molecular weight excluding hydrogens is 641 g/mol. The van der Waals surface area contributed by atoms with Gasteiger partial charge in [0.05, 0.1) is 34.4 Å². The normalized spacial score (nSPS) is 13.7. The van der Waals surface area contributed by atoms with Crippen LogP contribution in [-0.4, -0.2) is 78.7 Å². The van der Waals surface area contributed by atoms with E-state index in [4.69, 9.17) is 4.98 Å². The molecule has 1 aromatic carbocycles. The van der Waals surface area contributed by atoms with E-state index >= 15 is 0 Å². The van der Waals surface area contributed by atoms with Crippen LogP contribution >= 0.6 is 0 Å². The molecule has 0 radical (unpaired) electrons. The lowest BCUT2D eigenvalue weighted by atomic mass is 10.1. The standard InChI is InChI=1S/C35H30N10O3S/c1-24(46)42-16-18-43(19-17-42)26-10-11-32(38-20-26)41-35-37-15-13-30(40-35)31-21-39-33-12-9-25(22-44(31)33)29-23-45(34-28(29)8-5-14-36-34)49(47,48)27-6-3-2-4-7-27/h2-15,20-23H,16-19H2,1H3,(H,37,38,40,41). The summed E-state index contributed by atoms with van der Waals surface area (Å²) in [6, 6.07) is 21.5.